The first kappa shape index (κ1) is 23.1. The second-order valence-electron chi connectivity index (χ2n) is 8.63. The van der Waals surface area contributed by atoms with Crippen LogP contribution < -0.4 is 5.32 Å². The van der Waals surface area contributed by atoms with Crippen LogP contribution in [0.15, 0.2) is 45.8 Å². The number of carbonyl (C=O) groups is 1. The van der Waals surface area contributed by atoms with E-state index >= 15 is 0 Å². The minimum atomic E-state index is -3.80. The summed E-state index contributed by atoms with van der Waals surface area (Å²) in [5, 5.41) is 6.88. The zero-order valence-corrected chi connectivity index (χ0v) is 20.1. The largest absolute Gasteiger partial charge is 0.339 e. The number of piperidine rings is 1. The summed E-state index contributed by atoms with van der Waals surface area (Å²) in [6, 6.07) is 11.0. The molecular weight excluding hydrogens is 440 g/mol. The van der Waals surface area contributed by atoms with Crippen LogP contribution in [0.3, 0.4) is 0 Å². The highest BCUT2D eigenvalue weighted by Crippen LogP contribution is 2.29. The fourth-order valence-electron chi connectivity index (χ4n) is 4.05. The van der Waals surface area contributed by atoms with Crippen molar-refractivity contribution in [2.24, 2.45) is 5.92 Å². The van der Waals surface area contributed by atoms with Gasteiger partial charge in [0.15, 0.2) is 0 Å². The number of nitrogens with zero attached hydrogens (tertiary/aromatic N) is 3. The lowest BCUT2D eigenvalue weighted by Crippen LogP contribution is -2.43. The summed E-state index contributed by atoms with van der Waals surface area (Å²) in [6.07, 6.45) is 1.26. The van der Waals surface area contributed by atoms with Crippen LogP contribution in [0.4, 0.5) is 5.69 Å². The Kier molecular flexibility index (Phi) is 6.36. The van der Waals surface area contributed by atoms with Gasteiger partial charge in [-0.1, -0.05) is 29.4 Å². The molecule has 1 atom stereocenters. The fraction of sp³-hybridized carbons (Fsp3) is 0.375. The Labute approximate surface area is 194 Å². The van der Waals surface area contributed by atoms with Crippen molar-refractivity contribution in [2.45, 2.75) is 45.4 Å². The molecule has 2 aromatic carbocycles. The monoisotopic (exact) mass is 468 g/mol. The van der Waals surface area contributed by atoms with Gasteiger partial charge in [0.25, 0.3) is 0 Å². The minimum absolute atomic E-state index is 0.143. The number of benzene rings is 2. The number of rotatable bonds is 5. The number of carbonyl (C=O) groups excluding carboxylic acids is 1. The van der Waals surface area contributed by atoms with E-state index in [1.807, 2.05) is 32.0 Å². The number of hydrogen-bond acceptors (Lipinski definition) is 6. The van der Waals surface area contributed by atoms with Crippen molar-refractivity contribution >= 4 is 21.6 Å². The lowest BCUT2D eigenvalue weighted by molar-refractivity contribution is -0.120. The van der Waals surface area contributed by atoms with Gasteiger partial charge in [-0.2, -0.15) is 9.29 Å². The van der Waals surface area contributed by atoms with Gasteiger partial charge in [0.1, 0.15) is 0 Å². The minimum Gasteiger partial charge on any atom is -0.339 e. The molecular formula is C24H28N4O4S. The van der Waals surface area contributed by atoms with Crippen molar-refractivity contribution < 1.29 is 17.7 Å². The van der Waals surface area contributed by atoms with E-state index in [2.05, 4.69) is 15.5 Å². The average Bonchev–Trinajstić information content (AvgIpc) is 3.22. The summed E-state index contributed by atoms with van der Waals surface area (Å²) in [5.74, 6) is 0.171. The van der Waals surface area contributed by atoms with Gasteiger partial charge in [0, 0.05) is 31.3 Å². The zero-order valence-electron chi connectivity index (χ0n) is 19.3. The third-order valence-electron chi connectivity index (χ3n) is 6.00. The van der Waals surface area contributed by atoms with Gasteiger partial charge in [-0.25, -0.2) is 8.42 Å². The van der Waals surface area contributed by atoms with E-state index < -0.39 is 15.9 Å². The maximum absolute atomic E-state index is 13.6. The predicted molar refractivity (Wildman–Crippen MR) is 125 cm³/mol. The second kappa shape index (κ2) is 9.07. The molecule has 8 nitrogen and oxygen atoms in total. The van der Waals surface area contributed by atoms with Crippen molar-refractivity contribution in [3.05, 3.63) is 59.0 Å². The maximum atomic E-state index is 13.6. The number of sulfonamides is 1. The van der Waals surface area contributed by atoms with E-state index in [9.17, 15) is 13.2 Å². The van der Waals surface area contributed by atoms with Crippen molar-refractivity contribution in [1.29, 1.82) is 0 Å². The van der Waals surface area contributed by atoms with Crippen LogP contribution in [-0.4, -0.2) is 41.9 Å². The van der Waals surface area contributed by atoms with Gasteiger partial charge in [0.05, 0.1) is 10.8 Å². The molecule has 0 unspecified atom stereocenters. The summed E-state index contributed by atoms with van der Waals surface area (Å²) in [6.45, 7) is 7.86. The molecule has 1 aromatic heterocycles. The smallest absolute Gasteiger partial charge is 0.243 e. The Morgan fingerprint density at radius 1 is 1.09 bits per heavy atom. The van der Waals surface area contributed by atoms with Crippen LogP contribution in [0.1, 0.15) is 35.4 Å². The zero-order chi connectivity index (χ0) is 23.8. The summed E-state index contributed by atoms with van der Waals surface area (Å²) in [5.41, 5.74) is 3.98. The molecule has 0 saturated carbocycles. The molecule has 1 fully saturated rings. The highest BCUT2D eigenvalue weighted by molar-refractivity contribution is 7.89. The number of aryl methyl sites for hydroxylation is 4. The molecule has 0 aliphatic carbocycles. The predicted octanol–water partition coefficient (Wildman–Crippen LogP) is 4.01. The number of aromatic nitrogens is 2. The molecule has 1 N–H and O–H groups in total. The molecule has 174 valence electrons. The lowest BCUT2D eigenvalue weighted by atomic mass is 9.98. The van der Waals surface area contributed by atoms with Gasteiger partial charge in [-0.15, -0.1) is 0 Å². The van der Waals surface area contributed by atoms with E-state index in [4.69, 9.17) is 4.52 Å². The average molecular weight is 469 g/mol. The summed E-state index contributed by atoms with van der Waals surface area (Å²) in [7, 11) is -3.80. The Morgan fingerprint density at radius 3 is 2.58 bits per heavy atom. The first-order valence-corrected chi connectivity index (χ1v) is 12.4. The van der Waals surface area contributed by atoms with Gasteiger partial charge < -0.3 is 9.84 Å². The van der Waals surface area contributed by atoms with Crippen molar-refractivity contribution in [1.82, 2.24) is 14.4 Å². The Hall–Kier alpha value is -3.04. The molecule has 33 heavy (non-hydrogen) atoms. The van der Waals surface area contributed by atoms with E-state index in [-0.39, 0.29) is 17.3 Å². The fourth-order valence-corrected chi connectivity index (χ4v) is 5.83. The van der Waals surface area contributed by atoms with Gasteiger partial charge >= 0.3 is 0 Å². The molecule has 9 heteroatoms. The lowest BCUT2D eigenvalue weighted by Gasteiger charge is -2.31. The van der Waals surface area contributed by atoms with Crippen LogP contribution >= 0.6 is 0 Å². The quantitative estimate of drug-likeness (QED) is 0.607. The van der Waals surface area contributed by atoms with E-state index in [1.165, 1.54) is 4.31 Å². The van der Waals surface area contributed by atoms with Gasteiger partial charge in [-0.3, -0.25) is 4.79 Å². The molecule has 1 amide bonds. The Bertz CT molecular complexity index is 1300. The molecule has 1 aliphatic rings. The topological polar surface area (TPSA) is 105 Å². The summed E-state index contributed by atoms with van der Waals surface area (Å²) < 4.78 is 33.5. The van der Waals surface area contributed by atoms with Crippen LogP contribution in [0, 0.1) is 33.6 Å². The molecule has 1 aliphatic heterocycles. The summed E-state index contributed by atoms with van der Waals surface area (Å²) in [4.78, 5) is 17.4. The highest BCUT2D eigenvalue weighted by atomic mass is 32.2. The van der Waals surface area contributed by atoms with Crippen LogP contribution in [0.5, 0.6) is 0 Å². The normalized spacial score (nSPS) is 17.2. The van der Waals surface area contributed by atoms with Gasteiger partial charge in [-0.05, 0) is 62.4 Å². The first-order chi connectivity index (χ1) is 15.6. The summed E-state index contributed by atoms with van der Waals surface area (Å²) >= 11 is 0. The molecule has 2 heterocycles. The molecule has 1 saturated heterocycles. The van der Waals surface area contributed by atoms with Crippen molar-refractivity contribution in [3.63, 3.8) is 0 Å². The van der Waals surface area contributed by atoms with Gasteiger partial charge in [0.2, 0.25) is 27.6 Å². The molecule has 0 bridgehead atoms. The number of amides is 1. The molecule has 0 spiro atoms. The van der Waals surface area contributed by atoms with E-state index in [0.717, 1.165) is 16.8 Å². The number of nitrogens with one attached hydrogen (secondary N) is 1. The third kappa shape index (κ3) is 4.84. The van der Waals surface area contributed by atoms with Crippen molar-refractivity contribution in [3.8, 4) is 11.4 Å². The number of anilines is 1. The highest BCUT2D eigenvalue weighted by Gasteiger charge is 2.34. The molecule has 0 radical (unpaired) electrons. The van der Waals surface area contributed by atoms with E-state index in [1.54, 1.807) is 32.0 Å². The van der Waals surface area contributed by atoms with Crippen LogP contribution in [-0.2, 0) is 14.8 Å². The van der Waals surface area contributed by atoms with Crippen molar-refractivity contribution in [2.75, 3.05) is 18.4 Å². The second-order valence-corrected chi connectivity index (χ2v) is 10.5. The Balaban J connectivity index is 1.56. The molecule has 3 aromatic rings. The standard InChI is InChI=1S/C24H28N4O4S/c1-15-7-8-16(2)21(12-15)26-24(29)20-6-5-11-28(14-20)33(30,31)22-13-19(10-9-17(22)3)23-25-18(4)32-27-23/h7-10,12-13,20H,5-6,11,14H2,1-4H3,(H,26,29)/t20-/m0/s1. The SMILES string of the molecule is Cc1ccc(C)c(NC(=O)[C@H]2CCCN(S(=O)(=O)c3cc(-c4noc(C)n4)ccc3C)C2)c1. The maximum Gasteiger partial charge on any atom is 0.243 e. The first-order valence-electron chi connectivity index (χ1n) is 10.9. The van der Waals surface area contributed by atoms with E-state index in [0.29, 0.717) is 42.2 Å². The number of hydrogen-bond donors (Lipinski definition) is 1. The Morgan fingerprint density at radius 2 is 1.85 bits per heavy atom. The van der Waals surface area contributed by atoms with Crippen LogP contribution in [0.25, 0.3) is 11.4 Å². The molecule has 4 rings (SSSR count). The van der Waals surface area contributed by atoms with Crippen LogP contribution in [0.2, 0.25) is 0 Å². The third-order valence-corrected chi connectivity index (χ3v) is 8.00.